The van der Waals surface area contributed by atoms with Crippen LogP contribution >= 0.6 is 0 Å². The van der Waals surface area contributed by atoms with E-state index < -0.39 is 140 Å². The second kappa shape index (κ2) is 15.1. The summed E-state index contributed by atoms with van der Waals surface area (Å²) in [6, 6.07) is -2.70. The zero-order valence-electron chi connectivity index (χ0n) is 29.5. The molecule has 56 heavy (non-hydrogen) atoms. The smallest absolute Gasteiger partial charge is 0.330 e. The molecular formula is C33H28F8N6O9. The van der Waals surface area contributed by atoms with Gasteiger partial charge in [-0.25, -0.2) is 49.6 Å². The summed E-state index contributed by atoms with van der Waals surface area (Å²) in [5.41, 5.74) is -9.09. The maximum atomic E-state index is 14.2. The van der Waals surface area contributed by atoms with Crippen LogP contribution in [0.15, 0.2) is 6.07 Å². The Balaban J connectivity index is 0.000000249. The number of carbonyl (C=O) groups is 9. The summed E-state index contributed by atoms with van der Waals surface area (Å²) in [5, 5.41) is 5.65. The Labute approximate surface area is 309 Å². The first kappa shape index (κ1) is 42.5. The van der Waals surface area contributed by atoms with Crippen molar-refractivity contribution in [3.8, 4) is 0 Å². The number of nitrogens with one attached hydrogen (secondary N) is 3. The third-order valence-electron chi connectivity index (χ3n) is 9.01. The molecule has 0 saturated carbocycles. The SMILES string of the molecule is CCC1(NC(=O)c2cc(F)c(F)c(F)c2F)C(=O)NC(=O)N(C(C)C)C1=O.CCCN1C(=O)NC(=O)C(CC)(N2C(=O)c3c(F)c(F)c(F)c(F)c3C2=O)C1=O. The Morgan fingerprint density at radius 2 is 1.18 bits per heavy atom. The Kier molecular flexibility index (Phi) is 11.4. The van der Waals surface area contributed by atoms with Crippen LogP contribution in [0.25, 0.3) is 0 Å². The molecule has 0 bridgehead atoms. The molecule has 0 aromatic heterocycles. The Morgan fingerprint density at radius 1 is 0.679 bits per heavy atom. The third-order valence-corrected chi connectivity index (χ3v) is 9.01. The molecule has 5 rings (SSSR count). The van der Waals surface area contributed by atoms with Crippen LogP contribution in [0.2, 0.25) is 0 Å². The fraction of sp³-hybridized carbons (Fsp3) is 0.364. The monoisotopic (exact) mass is 804 g/mol. The van der Waals surface area contributed by atoms with Gasteiger partial charge >= 0.3 is 12.1 Å². The van der Waals surface area contributed by atoms with Gasteiger partial charge in [-0.2, -0.15) is 0 Å². The second-order valence-corrected chi connectivity index (χ2v) is 12.5. The van der Waals surface area contributed by atoms with E-state index in [1.165, 1.54) is 27.7 Å². The lowest BCUT2D eigenvalue weighted by Crippen LogP contribution is -2.74. The van der Waals surface area contributed by atoms with Crippen LogP contribution in [-0.2, 0) is 19.2 Å². The van der Waals surface area contributed by atoms with E-state index in [1.807, 2.05) is 16.0 Å². The van der Waals surface area contributed by atoms with Crippen molar-refractivity contribution < 1.29 is 78.3 Å². The van der Waals surface area contributed by atoms with Crippen LogP contribution in [0.4, 0.5) is 44.7 Å². The van der Waals surface area contributed by atoms with E-state index in [0.717, 1.165) is 0 Å². The molecule has 3 heterocycles. The molecule has 3 N–H and O–H groups in total. The second-order valence-electron chi connectivity index (χ2n) is 12.5. The molecule has 2 aromatic carbocycles. The first-order valence-electron chi connectivity index (χ1n) is 16.3. The average molecular weight is 805 g/mol. The van der Waals surface area contributed by atoms with Crippen molar-refractivity contribution in [3.63, 3.8) is 0 Å². The number of hydrogen-bond donors (Lipinski definition) is 3. The number of rotatable bonds is 8. The van der Waals surface area contributed by atoms with Crippen LogP contribution in [0.1, 0.15) is 85.0 Å². The van der Waals surface area contributed by atoms with Gasteiger partial charge < -0.3 is 5.32 Å². The van der Waals surface area contributed by atoms with Crippen molar-refractivity contribution in [2.45, 2.75) is 71.0 Å². The van der Waals surface area contributed by atoms with Crippen molar-refractivity contribution in [1.82, 2.24) is 30.7 Å². The zero-order valence-corrected chi connectivity index (χ0v) is 29.5. The van der Waals surface area contributed by atoms with Crippen LogP contribution in [0, 0.1) is 46.5 Å². The highest BCUT2D eigenvalue weighted by Crippen LogP contribution is 2.38. The molecule has 0 radical (unpaired) electrons. The summed E-state index contributed by atoms with van der Waals surface area (Å²) < 4.78 is 109. The van der Waals surface area contributed by atoms with E-state index in [9.17, 15) is 78.3 Å². The maximum absolute atomic E-state index is 14.2. The van der Waals surface area contributed by atoms with E-state index in [4.69, 9.17) is 0 Å². The standard InChI is InChI=1S/C17H13F4N3O5.C16H15F4N3O4/c1-3-5-23-15(28)17(4-2,14(27)22-16(23)29)24-12(25)6-7(13(24)26)9(19)11(21)10(20)8(6)18;1-4-16(13(25)21-15(27)23(6(2)3)14(16)26)22-12(24)7-5-8(17)10(19)11(20)9(7)18/h3-5H2,1-2H3,(H,22,27,29);5-6H,4H2,1-3H3,(H,22,24)(H,21,25,27). The first-order valence-corrected chi connectivity index (χ1v) is 16.3. The summed E-state index contributed by atoms with van der Waals surface area (Å²) in [4.78, 5) is 113. The first-order chi connectivity index (χ1) is 26.0. The molecule has 2 fully saturated rings. The van der Waals surface area contributed by atoms with E-state index in [1.54, 1.807) is 6.92 Å². The highest BCUT2D eigenvalue weighted by molar-refractivity contribution is 6.31. The molecule has 2 unspecified atom stereocenters. The molecule has 300 valence electrons. The predicted molar refractivity (Wildman–Crippen MR) is 168 cm³/mol. The third kappa shape index (κ3) is 6.19. The maximum Gasteiger partial charge on any atom is 0.331 e. The normalized spacial score (nSPS) is 21.0. The van der Waals surface area contributed by atoms with Gasteiger partial charge in [0.05, 0.1) is 16.7 Å². The number of barbiturate groups is 2. The molecule has 2 atom stereocenters. The van der Waals surface area contributed by atoms with E-state index in [-0.39, 0.29) is 30.4 Å². The summed E-state index contributed by atoms with van der Waals surface area (Å²) in [7, 11) is 0. The van der Waals surface area contributed by atoms with Crippen LogP contribution in [0.5, 0.6) is 0 Å². The zero-order chi connectivity index (χ0) is 42.5. The fourth-order valence-electron chi connectivity index (χ4n) is 6.11. The molecule has 3 aliphatic rings. The van der Waals surface area contributed by atoms with Crippen LogP contribution < -0.4 is 16.0 Å². The summed E-state index contributed by atoms with van der Waals surface area (Å²) in [6.45, 7) is 6.90. The molecule has 3 aliphatic heterocycles. The molecule has 2 saturated heterocycles. The van der Waals surface area contributed by atoms with E-state index >= 15 is 0 Å². The average Bonchev–Trinajstić information content (AvgIpc) is 3.40. The lowest BCUT2D eigenvalue weighted by molar-refractivity contribution is -0.151. The number of halogens is 8. The predicted octanol–water partition coefficient (Wildman–Crippen LogP) is 3.08. The lowest BCUT2D eigenvalue weighted by atomic mass is 9.88. The number of urea groups is 2. The molecular weight excluding hydrogens is 776 g/mol. The summed E-state index contributed by atoms with van der Waals surface area (Å²) in [5.74, 6) is -26.9. The van der Waals surface area contributed by atoms with Crippen LogP contribution in [-0.4, -0.2) is 91.8 Å². The van der Waals surface area contributed by atoms with Gasteiger partial charge in [-0.15, -0.1) is 0 Å². The summed E-state index contributed by atoms with van der Waals surface area (Å²) in [6.07, 6.45) is -0.659. The number of imide groups is 5. The minimum atomic E-state index is -2.66. The van der Waals surface area contributed by atoms with Gasteiger partial charge in [-0.05, 0) is 39.2 Å². The molecule has 2 aromatic rings. The molecule has 23 heteroatoms. The molecule has 0 spiro atoms. The Morgan fingerprint density at radius 3 is 1.64 bits per heavy atom. The van der Waals surface area contributed by atoms with Gasteiger partial charge in [0.1, 0.15) is 0 Å². The summed E-state index contributed by atoms with van der Waals surface area (Å²) >= 11 is 0. The van der Waals surface area contributed by atoms with Gasteiger partial charge in [0.15, 0.2) is 52.1 Å². The number of benzene rings is 2. The fourth-order valence-corrected chi connectivity index (χ4v) is 6.11. The lowest BCUT2D eigenvalue weighted by Gasteiger charge is -2.42. The topological polar surface area (TPSA) is 199 Å². The van der Waals surface area contributed by atoms with Crippen molar-refractivity contribution in [2.75, 3.05) is 6.54 Å². The van der Waals surface area contributed by atoms with Gasteiger partial charge in [0.25, 0.3) is 41.4 Å². The quantitative estimate of drug-likeness (QED) is 0.118. The van der Waals surface area contributed by atoms with Gasteiger partial charge in [-0.3, -0.25) is 54.0 Å². The van der Waals surface area contributed by atoms with Crippen molar-refractivity contribution >= 4 is 53.4 Å². The molecule has 15 nitrogen and oxygen atoms in total. The number of hydrogen-bond acceptors (Lipinski definition) is 9. The highest BCUT2D eigenvalue weighted by atomic mass is 19.2. The van der Waals surface area contributed by atoms with Crippen molar-refractivity contribution in [1.29, 1.82) is 0 Å². The Bertz CT molecular complexity index is 2120. The number of nitrogens with zero attached hydrogens (tertiary/aromatic N) is 3. The molecule has 11 amide bonds. The number of fused-ring (bicyclic) bond motifs is 1. The minimum Gasteiger partial charge on any atom is -0.330 e. The number of carbonyl (C=O) groups excluding carboxylic acids is 9. The van der Waals surface area contributed by atoms with Gasteiger partial charge in [0, 0.05) is 12.6 Å². The van der Waals surface area contributed by atoms with Gasteiger partial charge in [-0.1, -0.05) is 20.8 Å². The van der Waals surface area contributed by atoms with E-state index in [2.05, 4.69) is 0 Å². The number of amides is 11. The largest absolute Gasteiger partial charge is 0.331 e. The van der Waals surface area contributed by atoms with E-state index in [0.29, 0.717) is 9.80 Å². The van der Waals surface area contributed by atoms with Crippen LogP contribution in [0.3, 0.4) is 0 Å². The molecule has 0 aliphatic carbocycles. The van der Waals surface area contributed by atoms with Crippen molar-refractivity contribution in [3.05, 3.63) is 69.3 Å². The van der Waals surface area contributed by atoms with Crippen molar-refractivity contribution in [2.24, 2.45) is 0 Å². The Hall–Kier alpha value is -6.29. The van der Waals surface area contributed by atoms with Gasteiger partial charge in [0.2, 0.25) is 5.54 Å². The minimum absolute atomic E-state index is 0.0462. The highest BCUT2D eigenvalue weighted by Gasteiger charge is 2.63.